The molecule has 0 saturated heterocycles. The van der Waals surface area contributed by atoms with Crippen LogP contribution in [-0.4, -0.2) is 10.2 Å². The normalized spacial score (nSPS) is 11.0. The van der Waals surface area contributed by atoms with E-state index in [4.69, 9.17) is 23.2 Å². The fraction of sp³-hybridized carbons (Fsp3) is 0. The van der Waals surface area contributed by atoms with Crippen LogP contribution in [0.4, 0.5) is 0 Å². The third kappa shape index (κ3) is 2.97. The molecule has 0 spiro atoms. The van der Waals surface area contributed by atoms with E-state index in [1.54, 1.807) is 30.4 Å². The topological polar surface area (TPSA) is 40.5 Å². The summed E-state index contributed by atoms with van der Waals surface area (Å²) >= 11 is 12.0. The highest BCUT2D eigenvalue weighted by Gasteiger charge is 2.04. The Morgan fingerprint density at radius 1 is 0.833 bits per heavy atom. The summed E-state index contributed by atoms with van der Waals surface area (Å²) in [6.07, 6.45) is 3.52. The van der Waals surface area contributed by atoms with E-state index in [0.29, 0.717) is 15.6 Å². The summed E-state index contributed by atoms with van der Waals surface area (Å²) < 4.78 is 0. The highest BCUT2D eigenvalue weighted by atomic mass is 35.5. The van der Waals surface area contributed by atoms with Crippen molar-refractivity contribution in [2.45, 2.75) is 0 Å². The van der Waals surface area contributed by atoms with Crippen molar-refractivity contribution in [1.82, 2.24) is 0 Å². The largest absolute Gasteiger partial charge is 0.508 e. The lowest BCUT2D eigenvalue weighted by Gasteiger charge is -2.03. The van der Waals surface area contributed by atoms with Gasteiger partial charge < -0.3 is 10.2 Å². The van der Waals surface area contributed by atoms with Crippen molar-refractivity contribution in [2.75, 3.05) is 0 Å². The van der Waals surface area contributed by atoms with Crippen LogP contribution >= 0.6 is 23.2 Å². The molecule has 0 fully saturated rings. The lowest BCUT2D eigenvalue weighted by molar-refractivity contribution is 0.475. The second-order valence-electron chi connectivity index (χ2n) is 3.75. The Hall–Kier alpha value is -1.64. The second-order valence-corrected chi connectivity index (χ2v) is 4.57. The van der Waals surface area contributed by atoms with Crippen molar-refractivity contribution in [3.05, 3.63) is 57.6 Å². The molecule has 0 saturated carbocycles. The first-order chi connectivity index (χ1) is 8.56. The molecule has 0 heterocycles. The summed E-state index contributed by atoms with van der Waals surface area (Å²) in [5.74, 6) is 0.222. The maximum atomic E-state index is 9.34. The molecular formula is C14H10Cl2O2. The van der Waals surface area contributed by atoms with Crippen molar-refractivity contribution >= 4 is 35.4 Å². The number of phenolic OH excluding ortho intramolecular Hbond substituents is 2. The minimum Gasteiger partial charge on any atom is -0.508 e. The molecule has 0 bridgehead atoms. The van der Waals surface area contributed by atoms with Gasteiger partial charge in [-0.1, -0.05) is 47.5 Å². The molecule has 0 aliphatic carbocycles. The first-order valence-corrected chi connectivity index (χ1v) is 5.97. The Balaban J connectivity index is 2.35. The van der Waals surface area contributed by atoms with Gasteiger partial charge in [0.25, 0.3) is 0 Å². The fourth-order valence-electron chi connectivity index (χ4n) is 1.54. The maximum Gasteiger partial charge on any atom is 0.118 e. The van der Waals surface area contributed by atoms with Crippen LogP contribution in [0.2, 0.25) is 10.0 Å². The summed E-state index contributed by atoms with van der Waals surface area (Å²) in [7, 11) is 0. The van der Waals surface area contributed by atoms with Crippen LogP contribution in [0.25, 0.3) is 12.2 Å². The van der Waals surface area contributed by atoms with Gasteiger partial charge in [0.2, 0.25) is 0 Å². The standard InChI is InChI=1S/C14H10Cl2O2/c15-13-7-11(18)8-14(16)12(13)5-4-9-2-1-3-10(17)6-9/h1-8,17-18H/b5-4-. The zero-order chi connectivity index (χ0) is 13.1. The monoisotopic (exact) mass is 280 g/mol. The zero-order valence-electron chi connectivity index (χ0n) is 9.27. The number of aromatic hydroxyl groups is 2. The van der Waals surface area contributed by atoms with E-state index in [0.717, 1.165) is 5.56 Å². The van der Waals surface area contributed by atoms with E-state index in [9.17, 15) is 10.2 Å². The Labute approximate surface area is 115 Å². The lowest BCUT2D eigenvalue weighted by Crippen LogP contribution is -1.79. The first-order valence-electron chi connectivity index (χ1n) is 5.21. The maximum absolute atomic E-state index is 9.34. The van der Waals surface area contributed by atoms with E-state index in [-0.39, 0.29) is 11.5 Å². The van der Waals surface area contributed by atoms with Crippen LogP contribution in [0, 0.1) is 0 Å². The highest BCUT2D eigenvalue weighted by molar-refractivity contribution is 6.37. The van der Waals surface area contributed by atoms with Crippen molar-refractivity contribution in [3.8, 4) is 11.5 Å². The summed E-state index contributed by atoms with van der Waals surface area (Å²) in [5, 5.41) is 19.4. The molecule has 0 aliphatic rings. The lowest BCUT2D eigenvalue weighted by atomic mass is 10.1. The molecule has 0 aromatic heterocycles. The van der Waals surface area contributed by atoms with Gasteiger partial charge in [0.15, 0.2) is 0 Å². The van der Waals surface area contributed by atoms with E-state index in [1.807, 2.05) is 6.07 Å². The fourth-order valence-corrected chi connectivity index (χ4v) is 2.14. The van der Waals surface area contributed by atoms with E-state index >= 15 is 0 Å². The minimum atomic E-state index is 0.0273. The predicted octanol–water partition coefficient (Wildman–Crippen LogP) is 4.58. The highest BCUT2D eigenvalue weighted by Crippen LogP contribution is 2.31. The van der Waals surface area contributed by atoms with E-state index in [2.05, 4.69) is 0 Å². The van der Waals surface area contributed by atoms with Crippen LogP contribution in [-0.2, 0) is 0 Å². The third-order valence-corrected chi connectivity index (χ3v) is 3.00. The molecule has 2 aromatic rings. The Morgan fingerprint density at radius 2 is 1.50 bits per heavy atom. The molecule has 4 heteroatoms. The minimum absolute atomic E-state index is 0.0273. The van der Waals surface area contributed by atoms with E-state index in [1.165, 1.54) is 12.1 Å². The summed E-state index contributed by atoms with van der Waals surface area (Å²) in [6.45, 7) is 0. The van der Waals surface area contributed by atoms with Gasteiger partial charge in [0.1, 0.15) is 11.5 Å². The quantitative estimate of drug-likeness (QED) is 0.791. The Kier molecular flexibility index (Phi) is 3.80. The average molecular weight is 281 g/mol. The van der Waals surface area contributed by atoms with Crippen molar-refractivity contribution in [3.63, 3.8) is 0 Å². The number of hydrogen-bond acceptors (Lipinski definition) is 2. The van der Waals surface area contributed by atoms with Crippen LogP contribution in [0.3, 0.4) is 0 Å². The molecule has 2 rings (SSSR count). The number of rotatable bonds is 2. The number of phenols is 2. The molecule has 0 radical (unpaired) electrons. The van der Waals surface area contributed by atoms with Gasteiger partial charge in [0, 0.05) is 5.56 Å². The van der Waals surface area contributed by atoms with Gasteiger partial charge in [-0.3, -0.25) is 0 Å². The van der Waals surface area contributed by atoms with Crippen LogP contribution in [0.1, 0.15) is 11.1 Å². The molecule has 92 valence electrons. The number of benzene rings is 2. The molecule has 0 atom stereocenters. The van der Waals surface area contributed by atoms with Gasteiger partial charge in [-0.05, 0) is 29.8 Å². The van der Waals surface area contributed by atoms with Crippen molar-refractivity contribution in [2.24, 2.45) is 0 Å². The Bertz CT molecular complexity index is 583. The van der Waals surface area contributed by atoms with Crippen LogP contribution < -0.4 is 0 Å². The third-order valence-electron chi connectivity index (χ3n) is 2.38. The Morgan fingerprint density at radius 3 is 2.11 bits per heavy atom. The average Bonchev–Trinajstić information content (AvgIpc) is 2.27. The first kappa shape index (κ1) is 12.8. The SMILES string of the molecule is Oc1cccc(/C=C\c2c(Cl)cc(O)cc2Cl)c1. The summed E-state index contributed by atoms with van der Waals surface area (Å²) in [5.41, 5.74) is 1.45. The predicted molar refractivity (Wildman–Crippen MR) is 75.2 cm³/mol. The van der Waals surface area contributed by atoms with Crippen LogP contribution in [0.5, 0.6) is 11.5 Å². The molecule has 18 heavy (non-hydrogen) atoms. The van der Waals surface area contributed by atoms with Gasteiger partial charge >= 0.3 is 0 Å². The molecule has 0 aliphatic heterocycles. The molecule has 0 unspecified atom stereocenters. The number of hydrogen-bond donors (Lipinski definition) is 2. The van der Waals surface area contributed by atoms with Gasteiger partial charge in [-0.2, -0.15) is 0 Å². The van der Waals surface area contributed by atoms with Crippen molar-refractivity contribution in [1.29, 1.82) is 0 Å². The van der Waals surface area contributed by atoms with Gasteiger partial charge in [-0.25, -0.2) is 0 Å². The smallest absolute Gasteiger partial charge is 0.118 e. The molecule has 2 nitrogen and oxygen atoms in total. The van der Waals surface area contributed by atoms with E-state index < -0.39 is 0 Å². The van der Waals surface area contributed by atoms with Crippen molar-refractivity contribution < 1.29 is 10.2 Å². The van der Waals surface area contributed by atoms with Crippen LogP contribution in [0.15, 0.2) is 36.4 Å². The molecule has 2 N–H and O–H groups in total. The second kappa shape index (κ2) is 5.34. The summed E-state index contributed by atoms with van der Waals surface area (Å²) in [6, 6.07) is 9.66. The molecule has 0 amide bonds. The number of halogens is 2. The molecule has 2 aromatic carbocycles. The molecular weight excluding hydrogens is 271 g/mol. The summed E-state index contributed by atoms with van der Waals surface area (Å²) in [4.78, 5) is 0. The van der Waals surface area contributed by atoms with Gasteiger partial charge in [0.05, 0.1) is 10.0 Å². The zero-order valence-corrected chi connectivity index (χ0v) is 10.8. The van der Waals surface area contributed by atoms with Gasteiger partial charge in [-0.15, -0.1) is 0 Å².